The van der Waals surface area contributed by atoms with Crippen LogP contribution in [0.4, 0.5) is 5.82 Å². The Morgan fingerprint density at radius 3 is 1.66 bits per heavy atom. The molecule has 0 spiro atoms. The average Bonchev–Trinajstić information content (AvgIpc) is 3.72. The van der Waals surface area contributed by atoms with Crippen molar-refractivity contribution in [3.63, 3.8) is 0 Å². The third-order valence-corrected chi connectivity index (χ3v) is 6.97. The Hall–Kier alpha value is -6.02. The summed E-state index contributed by atoms with van der Waals surface area (Å²) in [6, 6.07) is 41.5. The minimum Gasteiger partial charge on any atom is -0.489 e. The van der Waals surface area contributed by atoms with Crippen molar-refractivity contribution >= 4 is 16.9 Å². The third-order valence-electron chi connectivity index (χ3n) is 6.97. The van der Waals surface area contributed by atoms with Gasteiger partial charge < -0.3 is 30.2 Å². The number of hydrogen-bond donors (Lipinski definition) is 4. The number of nitrogens with one attached hydrogen (secondary N) is 3. The molecule has 0 unspecified atom stereocenters. The zero-order chi connectivity index (χ0) is 30.1. The van der Waals surface area contributed by atoms with E-state index in [0.717, 1.165) is 45.1 Å². The van der Waals surface area contributed by atoms with Gasteiger partial charge in [-0.25, -0.2) is 4.98 Å². The predicted octanol–water partition coefficient (Wildman–Crippen LogP) is 7.34. The lowest BCUT2D eigenvalue weighted by Crippen LogP contribution is -2.04. The standard InChI is InChI=1S/C19H15N3O2.C17H16N2O/c23-19-16-10-17(22-18(16)20-12-21-19)14-6-8-15(9-7-14)24-11-13-4-2-1-3-5-13;18-17-11-10-16(19-17)14-6-8-15(9-7-14)20-12-13-4-2-1-3-5-13/h1-10,12H,11H2,(H2,20,21,22,23);1-11,19H,12,18H2. The maximum absolute atomic E-state index is 11.8. The van der Waals surface area contributed by atoms with Crippen molar-refractivity contribution < 1.29 is 9.47 Å². The van der Waals surface area contributed by atoms with Crippen molar-refractivity contribution in [1.82, 2.24) is 19.9 Å². The Kier molecular flexibility index (Phi) is 8.50. The van der Waals surface area contributed by atoms with E-state index in [9.17, 15) is 4.79 Å². The summed E-state index contributed by atoms with van der Waals surface area (Å²) in [7, 11) is 0. The van der Waals surface area contributed by atoms with Gasteiger partial charge in [0.05, 0.1) is 11.7 Å². The Morgan fingerprint density at radius 2 is 1.16 bits per heavy atom. The van der Waals surface area contributed by atoms with E-state index in [-0.39, 0.29) is 5.56 Å². The first-order valence-electron chi connectivity index (χ1n) is 14.2. The summed E-state index contributed by atoms with van der Waals surface area (Å²) in [6.45, 7) is 1.11. The molecule has 0 radical (unpaired) electrons. The van der Waals surface area contributed by atoms with Crippen LogP contribution in [0.2, 0.25) is 0 Å². The first kappa shape index (κ1) is 28.1. The average molecular weight is 582 g/mol. The van der Waals surface area contributed by atoms with Gasteiger partial charge in [-0.1, -0.05) is 60.7 Å². The zero-order valence-corrected chi connectivity index (χ0v) is 23.9. The SMILES string of the molecule is Nc1ccc(-c2ccc(OCc3ccccc3)cc2)[nH]1.O=c1[nH]cnc2[nH]c(-c3ccc(OCc4ccccc4)cc3)cc12. The molecule has 0 atom stereocenters. The maximum Gasteiger partial charge on any atom is 0.260 e. The van der Waals surface area contributed by atoms with Gasteiger partial charge in [0.2, 0.25) is 0 Å². The Bertz CT molecular complexity index is 1980. The van der Waals surface area contributed by atoms with E-state index in [4.69, 9.17) is 15.2 Å². The van der Waals surface area contributed by atoms with E-state index >= 15 is 0 Å². The van der Waals surface area contributed by atoms with Gasteiger partial charge >= 0.3 is 0 Å². The van der Waals surface area contributed by atoms with E-state index in [1.54, 1.807) is 6.07 Å². The molecule has 8 nitrogen and oxygen atoms in total. The van der Waals surface area contributed by atoms with Crippen LogP contribution in [0.1, 0.15) is 11.1 Å². The summed E-state index contributed by atoms with van der Waals surface area (Å²) in [4.78, 5) is 24.7. The molecule has 0 amide bonds. The number of fused-ring (bicyclic) bond motifs is 1. The molecule has 3 aromatic heterocycles. The van der Waals surface area contributed by atoms with Gasteiger partial charge in [-0.3, -0.25) is 4.79 Å². The molecule has 5 N–H and O–H groups in total. The normalized spacial score (nSPS) is 10.6. The molecule has 7 rings (SSSR count). The number of aromatic amines is 3. The van der Waals surface area contributed by atoms with Crippen LogP contribution in [0.5, 0.6) is 11.5 Å². The minimum atomic E-state index is -0.148. The van der Waals surface area contributed by atoms with E-state index in [2.05, 4.69) is 32.1 Å². The van der Waals surface area contributed by atoms with E-state index < -0.39 is 0 Å². The maximum atomic E-state index is 11.8. The summed E-state index contributed by atoms with van der Waals surface area (Å²) in [6.07, 6.45) is 1.39. The smallest absolute Gasteiger partial charge is 0.260 e. The first-order valence-corrected chi connectivity index (χ1v) is 14.2. The van der Waals surface area contributed by atoms with Crippen LogP contribution in [-0.4, -0.2) is 19.9 Å². The Morgan fingerprint density at radius 1 is 0.614 bits per heavy atom. The molecule has 0 bridgehead atoms. The van der Waals surface area contributed by atoms with Crippen molar-refractivity contribution in [2.45, 2.75) is 13.2 Å². The van der Waals surface area contributed by atoms with E-state index in [1.807, 2.05) is 109 Å². The van der Waals surface area contributed by atoms with Gasteiger partial charge in [0.25, 0.3) is 5.56 Å². The molecular formula is C36H31N5O3. The fourth-order valence-electron chi connectivity index (χ4n) is 4.63. The highest BCUT2D eigenvalue weighted by molar-refractivity contribution is 5.82. The topological polar surface area (TPSA) is 122 Å². The molecule has 44 heavy (non-hydrogen) atoms. The number of nitrogens with two attached hydrogens (primary N) is 1. The third kappa shape index (κ3) is 7.06. The summed E-state index contributed by atoms with van der Waals surface area (Å²) < 4.78 is 11.5. The lowest BCUT2D eigenvalue weighted by Gasteiger charge is -2.07. The molecule has 4 aromatic carbocycles. The van der Waals surface area contributed by atoms with Gasteiger partial charge in [-0.05, 0) is 89.0 Å². The van der Waals surface area contributed by atoms with Gasteiger partial charge in [0, 0.05) is 11.4 Å². The van der Waals surface area contributed by atoms with Crippen molar-refractivity contribution in [2.75, 3.05) is 5.73 Å². The molecule has 7 aromatic rings. The molecule has 218 valence electrons. The van der Waals surface area contributed by atoms with E-state index in [0.29, 0.717) is 30.1 Å². The first-order chi connectivity index (χ1) is 21.6. The van der Waals surface area contributed by atoms with Crippen LogP contribution >= 0.6 is 0 Å². The summed E-state index contributed by atoms with van der Waals surface area (Å²) in [5, 5.41) is 0.553. The molecule has 0 saturated carbocycles. The van der Waals surface area contributed by atoms with Crippen molar-refractivity contribution in [2.24, 2.45) is 0 Å². The number of H-pyrrole nitrogens is 3. The van der Waals surface area contributed by atoms with Crippen molar-refractivity contribution in [1.29, 1.82) is 0 Å². The number of benzene rings is 4. The van der Waals surface area contributed by atoms with Crippen LogP contribution in [0.15, 0.2) is 139 Å². The van der Waals surface area contributed by atoms with Crippen LogP contribution in [0.25, 0.3) is 33.5 Å². The van der Waals surface area contributed by atoms with E-state index in [1.165, 1.54) is 6.33 Å². The van der Waals surface area contributed by atoms with Gasteiger partial charge in [0.1, 0.15) is 36.2 Å². The van der Waals surface area contributed by atoms with Crippen LogP contribution in [0.3, 0.4) is 0 Å². The number of nitrogen functional groups attached to an aromatic ring is 1. The number of nitrogens with zero attached hydrogens (tertiary/aromatic N) is 1. The molecule has 0 aliphatic heterocycles. The summed E-state index contributed by atoms with van der Waals surface area (Å²) >= 11 is 0. The molecular weight excluding hydrogens is 550 g/mol. The highest BCUT2D eigenvalue weighted by atomic mass is 16.5. The monoisotopic (exact) mass is 581 g/mol. The lowest BCUT2D eigenvalue weighted by atomic mass is 10.1. The van der Waals surface area contributed by atoms with Crippen molar-refractivity contribution in [3.05, 3.63) is 155 Å². The highest BCUT2D eigenvalue weighted by Gasteiger charge is 2.07. The number of rotatable bonds is 8. The van der Waals surface area contributed by atoms with Crippen LogP contribution in [0, 0.1) is 0 Å². The number of hydrogen-bond acceptors (Lipinski definition) is 5. The zero-order valence-electron chi connectivity index (χ0n) is 23.9. The fourth-order valence-corrected chi connectivity index (χ4v) is 4.63. The highest BCUT2D eigenvalue weighted by Crippen LogP contribution is 2.25. The largest absolute Gasteiger partial charge is 0.489 e. The fraction of sp³-hybridized carbons (Fsp3) is 0.0556. The van der Waals surface area contributed by atoms with Crippen molar-refractivity contribution in [3.8, 4) is 34.0 Å². The second-order valence-electron chi connectivity index (χ2n) is 10.1. The number of ether oxygens (including phenoxy) is 2. The second-order valence-corrected chi connectivity index (χ2v) is 10.1. The van der Waals surface area contributed by atoms with Crippen LogP contribution in [-0.2, 0) is 13.2 Å². The predicted molar refractivity (Wildman–Crippen MR) is 174 cm³/mol. The molecule has 0 aliphatic carbocycles. The number of aromatic nitrogens is 4. The molecule has 0 fully saturated rings. The lowest BCUT2D eigenvalue weighted by molar-refractivity contribution is 0.306. The number of anilines is 1. The molecule has 0 aliphatic rings. The molecule has 0 saturated heterocycles. The quantitative estimate of drug-likeness (QED) is 0.150. The van der Waals surface area contributed by atoms with Crippen LogP contribution < -0.4 is 20.8 Å². The summed E-state index contributed by atoms with van der Waals surface area (Å²) in [5.74, 6) is 2.33. The van der Waals surface area contributed by atoms with Gasteiger partial charge in [0.15, 0.2) is 0 Å². The summed E-state index contributed by atoms with van der Waals surface area (Å²) in [5.41, 5.74) is 12.3. The van der Waals surface area contributed by atoms with Gasteiger partial charge in [-0.2, -0.15) is 0 Å². The second kappa shape index (κ2) is 13.3. The van der Waals surface area contributed by atoms with Gasteiger partial charge in [-0.15, -0.1) is 0 Å². The molecule has 8 heteroatoms. The minimum absolute atomic E-state index is 0.148. The Balaban J connectivity index is 0.000000159. The molecule has 3 heterocycles. The Labute approximate surface area is 254 Å².